The fourth-order valence-corrected chi connectivity index (χ4v) is 4.07. The zero-order valence-electron chi connectivity index (χ0n) is 21.9. The first kappa shape index (κ1) is 28.2. The third-order valence-corrected chi connectivity index (χ3v) is 6.03. The number of ether oxygens (including phenoxy) is 3. The van der Waals surface area contributed by atoms with Gasteiger partial charge >= 0.3 is 12.0 Å². The predicted octanol–water partition coefficient (Wildman–Crippen LogP) is 4.33. The number of hydrazone groups is 1. The van der Waals surface area contributed by atoms with Crippen LogP contribution in [0.4, 0.5) is 4.79 Å². The Morgan fingerprint density at radius 1 is 1.12 bits per heavy atom. The molecule has 2 heterocycles. The van der Waals surface area contributed by atoms with Gasteiger partial charge in [0.25, 0.3) is 5.91 Å². The minimum Gasteiger partial charge on any atom is -0.493 e. The molecule has 1 aliphatic heterocycles. The van der Waals surface area contributed by atoms with Crippen LogP contribution < -0.4 is 25.5 Å². The number of carbonyl (C=O) groups is 3. The Hall–Kier alpha value is -4.77. The Balaban J connectivity index is 1.37. The number of allylic oxidation sites excluding steroid dienone is 1. The largest absolute Gasteiger partial charge is 0.493 e. The van der Waals surface area contributed by atoms with Crippen molar-refractivity contribution in [2.75, 3.05) is 20.3 Å². The van der Waals surface area contributed by atoms with Crippen LogP contribution in [-0.4, -0.2) is 44.4 Å². The zero-order valence-corrected chi connectivity index (χ0v) is 22.7. The first-order chi connectivity index (χ1) is 19.3. The molecule has 0 fully saturated rings. The van der Waals surface area contributed by atoms with Crippen LogP contribution in [0.3, 0.4) is 0 Å². The average molecular weight is 567 g/mol. The van der Waals surface area contributed by atoms with Gasteiger partial charge in [0, 0.05) is 16.3 Å². The second-order valence-electron chi connectivity index (χ2n) is 8.49. The molecule has 1 aromatic heterocycles. The number of benzene rings is 2. The van der Waals surface area contributed by atoms with Crippen molar-refractivity contribution in [3.8, 4) is 22.8 Å². The molecule has 0 bridgehead atoms. The standard InChI is InChI=1S/C28H27ClN4O7/c1-4-38-27(35)25-16(2)31-28(36)32-26(25)18-7-11-22(23(13-18)37-3)39-15-24(34)33-30-14-20-10-12-21(40-20)17-5-8-19(29)9-6-17/h5-14,26H,4,15H2,1-3H3,(H,33,34)(H2,31,32,36)/b30-14-/t26-/m0/s1. The van der Waals surface area contributed by atoms with E-state index in [1.807, 2.05) is 12.1 Å². The van der Waals surface area contributed by atoms with Gasteiger partial charge in [-0.05, 0) is 67.9 Å². The molecule has 0 spiro atoms. The maximum Gasteiger partial charge on any atom is 0.338 e. The second-order valence-corrected chi connectivity index (χ2v) is 8.93. The van der Waals surface area contributed by atoms with Gasteiger partial charge in [-0.2, -0.15) is 5.10 Å². The summed E-state index contributed by atoms with van der Waals surface area (Å²) in [4.78, 5) is 36.9. The van der Waals surface area contributed by atoms with E-state index in [1.165, 1.54) is 13.3 Å². The lowest BCUT2D eigenvalue weighted by atomic mass is 9.95. The Morgan fingerprint density at radius 2 is 1.90 bits per heavy atom. The predicted molar refractivity (Wildman–Crippen MR) is 147 cm³/mol. The van der Waals surface area contributed by atoms with E-state index in [-0.39, 0.29) is 24.5 Å². The summed E-state index contributed by atoms with van der Waals surface area (Å²) in [7, 11) is 1.44. The van der Waals surface area contributed by atoms with E-state index in [2.05, 4.69) is 21.2 Å². The lowest BCUT2D eigenvalue weighted by Gasteiger charge is -2.28. The number of carbonyl (C=O) groups excluding carboxylic acids is 3. The van der Waals surface area contributed by atoms with Crippen LogP contribution >= 0.6 is 11.6 Å². The van der Waals surface area contributed by atoms with E-state index >= 15 is 0 Å². The Labute approximate surface area is 235 Å². The molecule has 1 atom stereocenters. The Bertz CT molecular complexity index is 1460. The number of hydrogen-bond acceptors (Lipinski definition) is 8. The summed E-state index contributed by atoms with van der Waals surface area (Å²) in [5.74, 6) is 0.591. The molecule has 3 N–H and O–H groups in total. The van der Waals surface area contributed by atoms with Crippen molar-refractivity contribution >= 4 is 35.7 Å². The smallest absolute Gasteiger partial charge is 0.338 e. The normalized spacial score (nSPS) is 14.9. The topological polar surface area (TPSA) is 140 Å². The van der Waals surface area contributed by atoms with E-state index in [1.54, 1.807) is 56.3 Å². The van der Waals surface area contributed by atoms with E-state index in [4.69, 9.17) is 30.2 Å². The van der Waals surface area contributed by atoms with E-state index < -0.39 is 23.9 Å². The summed E-state index contributed by atoms with van der Waals surface area (Å²) in [6, 6.07) is 14.3. The number of nitrogens with zero attached hydrogens (tertiary/aromatic N) is 1. The van der Waals surface area contributed by atoms with Crippen LogP contribution in [0.2, 0.25) is 5.02 Å². The second kappa shape index (κ2) is 12.9. The van der Waals surface area contributed by atoms with Crippen LogP contribution in [0.5, 0.6) is 11.5 Å². The average Bonchev–Trinajstić information content (AvgIpc) is 3.40. The fourth-order valence-electron chi connectivity index (χ4n) is 3.94. The molecule has 11 nitrogen and oxygen atoms in total. The quantitative estimate of drug-likeness (QED) is 0.188. The van der Waals surface area contributed by atoms with Gasteiger partial charge in [-0.1, -0.05) is 17.7 Å². The molecule has 3 amide bonds. The van der Waals surface area contributed by atoms with Gasteiger partial charge in [-0.25, -0.2) is 15.0 Å². The third kappa shape index (κ3) is 6.80. The van der Waals surface area contributed by atoms with Gasteiger partial charge < -0.3 is 29.3 Å². The number of nitrogens with one attached hydrogen (secondary N) is 3. The van der Waals surface area contributed by atoms with E-state index in [9.17, 15) is 14.4 Å². The van der Waals surface area contributed by atoms with Crippen molar-refractivity contribution in [3.05, 3.63) is 82.2 Å². The number of rotatable bonds is 10. The summed E-state index contributed by atoms with van der Waals surface area (Å²) < 4.78 is 21.9. The minimum atomic E-state index is -0.768. The molecule has 0 saturated carbocycles. The summed E-state index contributed by atoms with van der Waals surface area (Å²) in [5, 5.41) is 9.84. The number of hydrogen-bond donors (Lipinski definition) is 3. The van der Waals surface area contributed by atoms with Crippen molar-refractivity contribution in [2.45, 2.75) is 19.9 Å². The molecular formula is C28H27ClN4O7. The van der Waals surface area contributed by atoms with Crippen LogP contribution in [0, 0.1) is 0 Å². The molecule has 1 aliphatic rings. The van der Waals surface area contributed by atoms with Crippen LogP contribution in [0.25, 0.3) is 11.3 Å². The minimum absolute atomic E-state index is 0.185. The fraction of sp³-hybridized carbons (Fsp3) is 0.214. The van der Waals surface area contributed by atoms with Gasteiger partial charge in [0.2, 0.25) is 0 Å². The number of halogens is 1. The van der Waals surface area contributed by atoms with Gasteiger partial charge in [0.15, 0.2) is 18.1 Å². The van der Waals surface area contributed by atoms with Gasteiger partial charge in [0.05, 0.1) is 31.5 Å². The first-order valence-corrected chi connectivity index (χ1v) is 12.6. The summed E-state index contributed by atoms with van der Waals surface area (Å²) in [5.41, 5.74) is 4.45. The number of methoxy groups -OCH3 is 1. The van der Waals surface area contributed by atoms with Crippen molar-refractivity contribution < 1.29 is 33.0 Å². The van der Waals surface area contributed by atoms with Gasteiger partial charge in [-0.15, -0.1) is 0 Å². The van der Waals surface area contributed by atoms with Crippen molar-refractivity contribution in [1.82, 2.24) is 16.1 Å². The van der Waals surface area contributed by atoms with Crippen LogP contribution in [0.1, 0.15) is 31.2 Å². The molecule has 208 valence electrons. The lowest BCUT2D eigenvalue weighted by Crippen LogP contribution is -2.45. The summed E-state index contributed by atoms with van der Waals surface area (Å²) >= 11 is 5.92. The van der Waals surface area contributed by atoms with Crippen molar-refractivity contribution in [1.29, 1.82) is 0 Å². The van der Waals surface area contributed by atoms with Crippen molar-refractivity contribution in [3.63, 3.8) is 0 Å². The first-order valence-electron chi connectivity index (χ1n) is 12.2. The maximum absolute atomic E-state index is 12.6. The highest BCUT2D eigenvalue weighted by Crippen LogP contribution is 2.34. The van der Waals surface area contributed by atoms with Gasteiger partial charge in [0.1, 0.15) is 11.5 Å². The molecular weight excluding hydrogens is 540 g/mol. The molecule has 2 aromatic carbocycles. The molecule has 0 radical (unpaired) electrons. The molecule has 12 heteroatoms. The van der Waals surface area contributed by atoms with E-state index in [0.29, 0.717) is 33.6 Å². The number of furan rings is 1. The monoisotopic (exact) mass is 566 g/mol. The molecule has 3 aromatic rings. The summed E-state index contributed by atoms with van der Waals surface area (Å²) in [6.45, 7) is 3.16. The molecule has 0 unspecified atom stereocenters. The lowest BCUT2D eigenvalue weighted by molar-refractivity contribution is -0.139. The van der Waals surface area contributed by atoms with Crippen LogP contribution in [0.15, 0.2) is 75.4 Å². The summed E-state index contributed by atoms with van der Waals surface area (Å²) in [6.07, 6.45) is 1.37. The molecule has 0 aliphatic carbocycles. The molecule has 0 saturated heterocycles. The third-order valence-electron chi connectivity index (χ3n) is 5.78. The zero-order chi connectivity index (χ0) is 28.6. The SMILES string of the molecule is CCOC(=O)C1=C(C)NC(=O)N[C@H]1c1ccc(OCC(=O)N/N=C\c2ccc(-c3ccc(Cl)cc3)o2)c(OC)c1. The van der Waals surface area contributed by atoms with Crippen molar-refractivity contribution in [2.24, 2.45) is 5.10 Å². The highest BCUT2D eigenvalue weighted by molar-refractivity contribution is 6.30. The highest BCUT2D eigenvalue weighted by Gasteiger charge is 2.32. The number of esters is 1. The Morgan fingerprint density at radius 3 is 2.62 bits per heavy atom. The van der Waals surface area contributed by atoms with E-state index in [0.717, 1.165) is 5.56 Å². The Kier molecular flexibility index (Phi) is 9.07. The maximum atomic E-state index is 12.6. The van der Waals surface area contributed by atoms with Crippen LogP contribution in [-0.2, 0) is 14.3 Å². The van der Waals surface area contributed by atoms with Gasteiger partial charge in [-0.3, -0.25) is 4.79 Å². The number of amides is 3. The number of urea groups is 1. The molecule has 4 rings (SSSR count). The highest BCUT2D eigenvalue weighted by atomic mass is 35.5. The molecule has 40 heavy (non-hydrogen) atoms.